The molecule has 0 bridgehead atoms. The van der Waals surface area contributed by atoms with E-state index in [1.807, 2.05) is 0 Å². The quantitative estimate of drug-likeness (QED) is 0.673. The first-order valence-electron chi connectivity index (χ1n) is 3.04. The number of aryl methyl sites for hydroxylation is 1. The normalized spacial score (nSPS) is 8.27. The van der Waals surface area contributed by atoms with Crippen LogP contribution in [0.15, 0.2) is 12.4 Å². The van der Waals surface area contributed by atoms with Gasteiger partial charge in [-0.25, -0.2) is 0 Å². The first-order valence-corrected chi connectivity index (χ1v) is 3.04. The third-order valence-electron chi connectivity index (χ3n) is 1.14. The fraction of sp³-hybridized carbons (Fsp3) is 0.286. The van der Waals surface area contributed by atoms with Crippen molar-refractivity contribution < 1.29 is 0 Å². The van der Waals surface area contributed by atoms with Crippen molar-refractivity contribution in [1.82, 2.24) is 9.78 Å². The lowest BCUT2D eigenvalue weighted by Gasteiger charge is -1.92. The summed E-state index contributed by atoms with van der Waals surface area (Å²) in [4.78, 5) is 0. The topological polar surface area (TPSA) is 43.8 Å². The van der Waals surface area contributed by atoms with Crippen LogP contribution in [0.5, 0.6) is 0 Å². The van der Waals surface area contributed by atoms with Crippen LogP contribution in [-0.4, -0.2) is 9.78 Å². The van der Waals surface area contributed by atoms with E-state index in [1.54, 1.807) is 17.1 Å². The Bertz CT molecular complexity index is 248. The Morgan fingerprint density at radius 3 is 2.91 bits per heavy atom. The average molecular weight is 172 g/mol. The predicted molar refractivity (Wildman–Crippen MR) is 47.3 cm³/mol. The lowest BCUT2D eigenvalue weighted by Crippen LogP contribution is -1.96. The summed E-state index contributed by atoms with van der Waals surface area (Å²) in [6, 6.07) is 0. The summed E-state index contributed by atoms with van der Waals surface area (Å²) in [5.41, 5.74) is 6.09. The van der Waals surface area contributed by atoms with E-state index in [0.29, 0.717) is 12.1 Å². The summed E-state index contributed by atoms with van der Waals surface area (Å²) < 4.78 is 1.73. The molecule has 1 aromatic rings. The van der Waals surface area contributed by atoms with Gasteiger partial charge < -0.3 is 5.73 Å². The Kier molecular flexibility index (Phi) is 4.16. The molecule has 0 unspecified atom stereocenters. The Morgan fingerprint density at radius 1 is 1.73 bits per heavy atom. The second-order valence-electron chi connectivity index (χ2n) is 1.99. The Labute approximate surface area is 72.0 Å². The van der Waals surface area contributed by atoms with Gasteiger partial charge in [-0.1, -0.05) is 0 Å². The number of nitrogen functional groups attached to an aromatic ring is 1. The van der Waals surface area contributed by atoms with Gasteiger partial charge in [0, 0.05) is 12.6 Å². The van der Waals surface area contributed by atoms with Gasteiger partial charge in [0.05, 0.1) is 18.4 Å². The summed E-state index contributed by atoms with van der Waals surface area (Å²) in [6.07, 6.45) is 9.13. The highest BCUT2D eigenvalue weighted by Gasteiger charge is 1.90. The fourth-order valence-electron chi connectivity index (χ4n) is 0.681. The van der Waals surface area contributed by atoms with Gasteiger partial charge in [0.1, 0.15) is 0 Å². The van der Waals surface area contributed by atoms with Crippen molar-refractivity contribution in [3.63, 3.8) is 0 Å². The van der Waals surface area contributed by atoms with Crippen molar-refractivity contribution in [2.24, 2.45) is 0 Å². The summed E-state index contributed by atoms with van der Waals surface area (Å²) in [5.74, 6) is 2.52. The van der Waals surface area contributed by atoms with E-state index in [4.69, 9.17) is 12.2 Å². The molecule has 1 aromatic heterocycles. The third kappa shape index (κ3) is 2.96. The van der Waals surface area contributed by atoms with Crippen molar-refractivity contribution in [2.45, 2.75) is 13.0 Å². The zero-order valence-corrected chi connectivity index (χ0v) is 6.84. The zero-order valence-electron chi connectivity index (χ0n) is 6.03. The molecule has 3 nitrogen and oxygen atoms in total. The second-order valence-corrected chi connectivity index (χ2v) is 1.99. The molecule has 0 spiro atoms. The van der Waals surface area contributed by atoms with Crippen molar-refractivity contribution in [2.75, 3.05) is 5.73 Å². The number of aromatic nitrogens is 2. The highest BCUT2D eigenvalue weighted by atomic mass is 35.5. The number of hydrogen-bond donors (Lipinski definition) is 1. The van der Waals surface area contributed by atoms with Crippen LogP contribution in [0.25, 0.3) is 0 Å². The van der Waals surface area contributed by atoms with E-state index in [0.717, 1.165) is 6.54 Å². The van der Waals surface area contributed by atoms with E-state index in [9.17, 15) is 0 Å². The van der Waals surface area contributed by atoms with Crippen LogP contribution in [0.1, 0.15) is 6.42 Å². The highest BCUT2D eigenvalue weighted by molar-refractivity contribution is 5.85. The molecular weight excluding hydrogens is 162 g/mol. The van der Waals surface area contributed by atoms with Gasteiger partial charge in [0.2, 0.25) is 0 Å². The van der Waals surface area contributed by atoms with Gasteiger partial charge in [-0.15, -0.1) is 24.8 Å². The van der Waals surface area contributed by atoms with Gasteiger partial charge in [0.15, 0.2) is 0 Å². The minimum atomic E-state index is 0. The first kappa shape index (κ1) is 9.86. The van der Waals surface area contributed by atoms with Crippen LogP contribution in [0.3, 0.4) is 0 Å². The predicted octanol–water partition coefficient (Wildman–Crippen LogP) is 0.910. The van der Waals surface area contributed by atoms with Gasteiger partial charge in [0.25, 0.3) is 0 Å². The number of halogens is 1. The lowest BCUT2D eigenvalue weighted by molar-refractivity contribution is 0.630. The molecule has 0 atom stereocenters. The molecule has 0 aliphatic heterocycles. The molecule has 60 valence electrons. The van der Waals surface area contributed by atoms with Crippen LogP contribution in [0, 0.1) is 12.3 Å². The van der Waals surface area contributed by atoms with Crippen LogP contribution in [-0.2, 0) is 6.54 Å². The van der Waals surface area contributed by atoms with Crippen molar-refractivity contribution in [3.8, 4) is 12.3 Å². The summed E-state index contributed by atoms with van der Waals surface area (Å²) in [6.45, 7) is 0.744. The Balaban J connectivity index is 0.000001000. The summed E-state index contributed by atoms with van der Waals surface area (Å²) in [5, 5.41) is 3.95. The molecule has 0 saturated heterocycles. The van der Waals surface area contributed by atoms with E-state index >= 15 is 0 Å². The standard InChI is InChI=1S/C7H9N3.ClH/c1-2-3-4-10-6-7(8)5-9-10;/h1,5-6H,3-4,8H2;1H. The maximum atomic E-state index is 5.42. The largest absolute Gasteiger partial charge is 0.396 e. The third-order valence-corrected chi connectivity index (χ3v) is 1.14. The van der Waals surface area contributed by atoms with Gasteiger partial charge in [-0.2, -0.15) is 5.10 Å². The van der Waals surface area contributed by atoms with Crippen molar-refractivity contribution in [1.29, 1.82) is 0 Å². The van der Waals surface area contributed by atoms with Crippen LogP contribution in [0.4, 0.5) is 5.69 Å². The smallest absolute Gasteiger partial charge is 0.0719 e. The molecule has 4 heteroatoms. The summed E-state index contributed by atoms with van der Waals surface area (Å²) in [7, 11) is 0. The van der Waals surface area contributed by atoms with Crippen molar-refractivity contribution in [3.05, 3.63) is 12.4 Å². The zero-order chi connectivity index (χ0) is 7.40. The minimum Gasteiger partial charge on any atom is -0.396 e. The van der Waals surface area contributed by atoms with Crippen LogP contribution >= 0.6 is 12.4 Å². The van der Waals surface area contributed by atoms with Crippen LogP contribution in [0.2, 0.25) is 0 Å². The molecule has 11 heavy (non-hydrogen) atoms. The molecular formula is C7H10ClN3. The molecule has 0 aliphatic rings. The van der Waals surface area contributed by atoms with Gasteiger partial charge >= 0.3 is 0 Å². The Morgan fingerprint density at radius 2 is 2.45 bits per heavy atom. The van der Waals surface area contributed by atoms with E-state index in [1.165, 1.54) is 0 Å². The van der Waals surface area contributed by atoms with E-state index < -0.39 is 0 Å². The maximum Gasteiger partial charge on any atom is 0.0719 e. The molecule has 0 radical (unpaired) electrons. The monoisotopic (exact) mass is 171 g/mol. The van der Waals surface area contributed by atoms with Gasteiger partial charge in [-0.05, 0) is 0 Å². The molecule has 1 heterocycles. The Hall–Kier alpha value is -1.14. The molecule has 0 aromatic carbocycles. The number of anilines is 1. The molecule has 2 N–H and O–H groups in total. The number of nitrogens with two attached hydrogens (primary N) is 1. The molecule has 0 amide bonds. The molecule has 0 fully saturated rings. The SMILES string of the molecule is C#CCCn1cc(N)cn1.Cl. The number of nitrogens with zero attached hydrogens (tertiary/aromatic N) is 2. The van der Waals surface area contributed by atoms with E-state index in [-0.39, 0.29) is 12.4 Å². The second kappa shape index (κ2) is 4.64. The van der Waals surface area contributed by atoms with Crippen LogP contribution < -0.4 is 5.73 Å². The molecule has 0 aliphatic carbocycles. The number of rotatable bonds is 2. The highest BCUT2D eigenvalue weighted by Crippen LogP contribution is 1.97. The fourth-order valence-corrected chi connectivity index (χ4v) is 0.681. The molecule has 1 rings (SSSR count). The minimum absolute atomic E-state index is 0. The molecule has 0 saturated carbocycles. The van der Waals surface area contributed by atoms with E-state index in [2.05, 4.69) is 11.0 Å². The lowest BCUT2D eigenvalue weighted by atomic mass is 10.4. The maximum absolute atomic E-state index is 5.42. The number of hydrogen-bond acceptors (Lipinski definition) is 2. The van der Waals surface area contributed by atoms with Crippen molar-refractivity contribution >= 4 is 18.1 Å². The summed E-state index contributed by atoms with van der Waals surface area (Å²) >= 11 is 0. The average Bonchev–Trinajstić information content (AvgIpc) is 2.31. The van der Waals surface area contributed by atoms with Gasteiger partial charge in [-0.3, -0.25) is 4.68 Å². The first-order chi connectivity index (χ1) is 4.83. The number of terminal acetylenes is 1.